The predicted molar refractivity (Wildman–Crippen MR) is 104 cm³/mol. The molecule has 0 saturated carbocycles. The summed E-state index contributed by atoms with van der Waals surface area (Å²) in [5.41, 5.74) is 0.346. The second kappa shape index (κ2) is 8.73. The lowest BCUT2D eigenvalue weighted by Gasteiger charge is -2.22. The average molecular weight is 373 g/mol. The van der Waals surface area contributed by atoms with Crippen LogP contribution in [-0.4, -0.2) is 43.1 Å². The van der Waals surface area contributed by atoms with Gasteiger partial charge in [0.1, 0.15) is 11.4 Å². The Balaban J connectivity index is 1.99. The SMILES string of the molecule is CN(C)C(CNC(=O)c1cccc(NC(=O)OC(C)(C)C)c1)c1ccco1. The zero-order valence-electron chi connectivity index (χ0n) is 16.4. The highest BCUT2D eigenvalue weighted by Crippen LogP contribution is 2.18. The third kappa shape index (κ3) is 6.45. The van der Waals surface area contributed by atoms with Gasteiger partial charge in [-0.3, -0.25) is 15.0 Å². The molecular formula is C20H27N3O4. The predicted octanol–water partition coefficient (Wildman–Crippen LogP) is 3.66. The fourth-order valence-electron chi connectivity index (χ4n) is 2.47. The molecule has 0 saturated heterocycles. The molecule has 1 heterocycles. The minimum Gasteiger partial charge on any atom is -0.468 e. The Kier molecular flexibility index (Phi) is 6.63. The normalized spacial score (nSPS) is 12.5. The van der Waals surface area contributed by atoms with E-state index in [1.54, 1.807) is 51.3 Å². The molecule has 1 aromatic heterocycles. The Morgan fingerprint density at radius 3 is 2.52 bits per heavy atom. The van der Waals surface area contributed by atoms with Crippen LogP contribution in [0.1, 0.15) is 42.9 Å². The van der Waals surface area contributed by atoms with E-state index in [-0.39, 0.29) is 11.9 Å². The summed E-state index contributed by atoms with van der Waals surface area (Å²) in [5.74, 6) is 0.543. The molecule has 2 rings (SSSR count). The number of amides is 2. The number of hydrogen-bond acceptors (Lipinski definition) is 5. The van der Waals surface area contributed by atoms with Gasteiger partial charge in [0.25, 0.3) is 5.91 Å². The summed E-state index contributed by atoms with van der Waals surface area (Å²) in [5, 5.41) is 5.54. The minimum absolute atomic E-state index is 0.0768. The van der Waals surface area contributed by atoms with Gasteiger partial charge in [0.2, 0.25) is 0 Å². The van der Waals surface area contributed by atoms with E-state index < -0.39 is 11.7 Å². The lowest BCUT2D eigenvalue weighted by molar-refractivity contribution is 0.0635. The molecule has 0 radical (unpaired) electrons. The highest BCUT2D eigenvalue weighted by Gasteiger charge is 2.19. The fraction of sp³-hybridized carbons (Fsp3) is 0.400. The molecule has 0 aliphatic rings. The van der Waals surface area contributed by atoms with Crippen molar-refractivity contribution in [2.45, 2.75) is 32.4 Å². The van der Waals surface area contributed by atoms with Crippen molar-refractivity contribution < 1.29 is 18.7 Å². The van der Waals surface area contributed by atoms with Crippen LogP contribution in [0.4, 0.5) is 10.5 Å². The van der Waals surface area contributed by atoms with E-state index in [0.717, 1.165) is 5.76 Å². The van der Waals surface area contributed by atoms with E-state index in [0.29, 0.717) is 17.8 Å². The molecule has 2 aromatic rings. The third-order valence-corrected chi connectivity index (χ3v) is 3.72. The molecule has 0 bridgehead atoms. The lowest BCUT2D eigenvalue weighted by atomic mass is 10.1. The molecule has 0 aliphatic heterocycles. The first-order valence-corrected chi connectivity index (χ1v) is 8.74. The van der Waals surface area contributed by atoms with E-state index in [9.17, 15) is 9.59 Å². The minimum atomic E-state index is -0.591. The van der Waals surface area contributed by atoms with Crippen molar-refractivity contribution in [3.05, 3.63) is 54.0 Å². The molecule has 2 N–H and O–H groups in total. The van der Waals surface area contributed by atoms with Gasteiger partial charge in [0.05, 0.1) is 12.3 Å². The third-order valence-electron chi connectivity index (χ3n) is 3.72. The van der Waals surface area contributed by atoms with E-state index in [1.165, 1.54) is 0 Å². The molecule has 0 spiro atoms. The molecule has 27 heavy (non-hydrogen) atoms. The Hall–Kier alpha value is -2.80. The topological polar surface area (TPSA) is 83.8 Å². The summed E-state index contributed by atoms with van der Waals surface area (Å²) in [6.45, 7) is 5.76. The number of anilines is 1. The summed E-state index contributed by atoms with van der Waals surface area (Å²) < 4.78 is 10.7. The van der Waals surface area contributed by atoms with E-state index in [1.807, 2.05) is 31.1 Å². The van der Waals surface area contributed by atoms with E-state index in [4.69, 9.17) is 9.15 Å². The zero-order chi connectivity index (χ0) is 20.0. The molecule has 1 atom stereocenters. The van der Waals surface area contributed by atoms with Gasteiger partial charge in [0, 0.05) is 17.8 Å². The Morgan fingerprint density at radius 2 is 1.93 bits per heavy atom. The number of benzene rings is 1. The van der Waals surface area contributed by atoms with Gasteiger partial charge in [-0.15, -0.1) is 0 Å². The number of carbonyl (C=O) groups is 2. The summed E-state index contributed by atoms with van der Waals surface area (Å²) in [6.07, 6.45) is 1.05. The monoisotopic (exact) mass is 373 g/mol. The summed E-state index contributed by atoms with van der Waals surface area (Å²) in [6, 6.07) is 10.3. The van der Waals surface area contributed by atoms with Crippen molar-refractivity contribution in [1.82, 2.24) is 10.2 Å². The summed E-state index contributed by atoms with van der Waals surface area (Å²) >= 11 is 0. The van der Waals surface area contributed by atoms with Crippen molar-refractivity contribution in [2.75, 3.05) is 26.0 Å². The van der Waals surface area contributed by atoms with Crippen LogP contribution >= 0.6 is 0 Å². The van der Waals surface area contributed by atoms with Gasteiger partial charge in [-0.05, 0) is 65.2 Å². The van der Waals surface area contributed by atoms with E-state index >= 15 is 0 Å². The van der Waals surface area contributed by atoms with Crippen molar-refractivity contribution in [1.29, 1.82) is 0 Å². The Bertz CT molecular complexity index is 764. The number of nitrogens with zero attached hydrogens (tertiary/aromatic N) is 1. The summed E-state index contributed by atoms with van der Waals surface area (Å²) in [4.78, 5) is 26.4. The molecule has 7 nitrogen and oxygen atoms in total. The Morgan fingerprint density at radius 1 is 1.19 bits per heavy atom. The van der Waals surface area contributed by atoms with Crippen molar-refractivity contribution >= 4 is 17.7 Å². The first-order valence-electron chi connectivity index (χ1n) is 8.74. The van der Waals surface area contributed by atoms with Crippen molar-refractivity contribution in [3.63, 3.8) is 0 Å². The quantitative estimate of drug-likeness (QED) is 0.807. The first kappa shape index (κ1) is 20.5. The number of furan rings is 1. The van der Waals surface area contributed by atoms with Gasteiger partial charge in [-0.2, -0.15) is 0 Å². The Labute approximate surface area is 159 Å². The molecule has 0 fully saturated rings. The number of likely N-dealkylation sites (N-methyl/N-ethyl adjacent to an activating group) is 1. The van der Waals surface area contributed by atoms with Crippen LogP contribution < -0.4 is 10.6 Å². The lowest BCUT2D eigenvalue weighted by Crippen LogP contribution is -2.34. The number of hydrogen-bond donors (Lipinski definition) is 2. The van der Waals surface area contributed by atoms with E-state index in [2.05, 4.69) is 10.6 Å². The molecule has 1 unspecified atom stereocenters. The molecule has 146 valence electrons. The molecule has 1 aromatic carbocycles. The van der Waals surface area contributed by atoms with Gasteiger partial charge < -0.3 is 14.5 Å². The largest absolute Gasteiger partial charge is 0.468 e. The highest BCUT2D eigenvalue weighted by molar-refractivity contribution is 5.96. The second-order valence-electron chi connectivity index (χ2n) is 7.41. The number of carbonyl (C=O) groups excluding carboxylic acids is 2. The summed E-state index contributed by atoms with van der Waals surface area (Å²) in [7, 11) is 3.84. The molecule has 2 amide bonds. The van der Waals surface area contributed by atoms with Crippen LogP contribution in [0, 0.1) is 0 Å². The average Bonchev–Trinajstić information content (AvgIpc) is 3.07. The van der Waals surface area contributed by atoms with Crippen molar-refractivity contribution in [2.24, 2.45) is 0 Å². The van der Waals surface area contributed by atoms with Crippen LogP contribution in [0.25, 0.3) is 0 Å². The molecular weight excluding hydrogens is 346 g/mol. The van der Waals surface area contributed by atoms with Gasteiger partial charge in [-0.1, -0.05) is 6.07 Å². The number of nitrogens with one attached hydrogen (secondary N) is 2. The number of rotatable bonds is 6. The van der Waals surface area contributed by atoms with Gasteiger partial charge in [-0.25, -0.2) is 4.79 Å². The van der Waals surface area contributed by atoms with Crippen molar-refractivity contribution in [3.8, 4) is 0 Å². The fourth-order valence-corrected chi connectivity index (χ4v) is 2.47. The van der Waals surface area contributed by atoms with Crippen LogP contribution in [0.3, 0.4) is 0 Å². The van der Waals surface area contributed by atoms with Crippen LogP contribution in [-0.2, 0) is 4.74 Å². The van der Waals surface area contributed by atoms with Crippen LogP contribution in [0.5, 0.6) is 0 Å². The van der Waals surface area contributed by atoms with Crippen LogP contribution in [0.2, 0.25) is 0 Å². The molecule has 0 aliphatic carbocycles. The maximum absolute atomic E-state index is 12.5. The highest BCUT2D eigenvalue weighted by atomic mass is 16.6. The number of ether oxygens (including phenoxy) is 1. The second-order valence-corrected chi connectivity index (χ2v) is 7.41. The van der Waals surface area contributed by atoms with Gasteiger partial charge in [0.15, 0.2) is 0 Å². The zero-order valence-corrected chi connectivity index (χ0v) is 16.4. The first-order chi connectivity index (χ1) is 12.7. The standard InChI is InChI=1S/C20H27N3O4/c1-20(2,3)27-19(25)22-15-9-6-8-14(12-15)18(24)21-13-16(23(4)5)17-10-7-11-26-17/h6-12,16H,13H2,1-5H3,(H,21,24)(H,22,25). The van der Waals surface area contributed by atoms with Gasteiger partial charge >= 0.3 is 6.09 Å². The maximum Gasteiger partial charge on any atom is 0.412 e. The smallest absolute Gasteiger partial charge is 0.412 e. The van der Waals surface area contributed by atoms with Crippen LogP contribution in [0.15, 0.2) is 47.1 Å². The molecule has 7 heteroatoms. The maximum atomic E-state index is 12.5.